The molecule has 0 bridgehead atoms. The Morgan fingerprint density at radius 2 is 1.90 bits per heavy atom. The molecular weight excluding hydrogens is 407 g/mol. The molecule has 2 rings (SSSR count). The number of hydrogen-bond acceptors (Lipinski definition) is 4. The molecule has 1 aromatic heterocycles. The van der Waals surface area contributed by atoms with Crippen molar-refractivity contribution in [2.45, 2.75) is 24.2 Å². The smallest absolute Gasteiger partial charge is 0.244 e. The van der Waals surface area contributed by atoms with Crippen LogP contribution in [0.4, 0.5) is 0 Å². The van der Waals surface area contributed by atoms with Gasteiger partial charge in [-0.2, -0.15) is 0 Å². The minimum absolute atomic E-state index is 0.0374. The van der Waals surface area contributed by atoms with Crippen LogP contribution >= 0.6 is 50.5 Å². The van der Waals surface area contributed by atoms with Crippen LogP contribution in [0.5, 0.6) is 0 Å². The van der Waals surface area contributed by atoms with Crippen molar-refractivity contribution in [3.05, 3.63) is 13.1 Å². The van der Waals surface area contributed by atoms with Crippen molar-refractivity contribution in [3.63, 3.8) is 0 Å². The summed E-state index contributed by atoms with van der Waals surface area (Å²) < 4.78 is 27.8. The molecule has 0 atom stereocenters. The third-order valence-electron chi connectivity index (χ3n) is 3.14. The van der Waals surface area contributed by atoms with Crippen LogP contribution in [0, 0.1) is 0 Å². The highest BCUT2D eigenvalue weighted by molar-refractivity contribution is 9.10. The molecule has 4 nitrogen and oxygen atoms in total. The maximum atomic E-state index is 12.2. The van der Waals surface area contributed by atoms with Gasteiger partial charge in [0.25, 0.3) is 0 Å². The Hall–Kier alpha value is 0.630. The summed E-state index contributed by atoms with van der Waals surface area (Å²) in [5, 5.41) is 0. The quantitative estimate of drug-likeness (QED) is 0.714. The fourth-order valence-corrected chi connectivity index (χ4v) is 6.78. The van der Waals surface area contributed by atoms with Gasteiger partial charge in [-0.3, -0.25) is 0 Å². The van der Waals surface area contributed by atoms with Crippen molar-refractivity contribution in [1.82, 2.24) is 9.62 Å². The zero-order valence-corrected chi connectivity index (χ0v) is 15.4. The van der Waals surface area contributed by atoms with E-state index in [2.05, 4.69) is 25.6 Å². The van der Waals surface area contributed by atoms with Crippen LogP contribution in [0.2, 0.25) is 8.67 Å². The van der Waals surface area contributed by atoms with Gasteiger partial charge in [-0.05, 0) is 54.8 Å². The van der Waals surface area contributed by atoms with E-state index in [9.17, 15) is 8.42 Å². The molecule has 1 saturated heterocycles. The first-order valence-corrected chi connectivity index (χ1v) is 10.1. The summed E-state index contributed by atoms with van der Waals surface area (Å²) in [6.07, 6.45) is 3.26. The van der Waals surface area contributed by atoms with Crippen molar-refractivity contribution >= 4 is 60.5 Å². The Morgan fingerprint density at radius 3 is 2.45 bits per heavy atom. The topological polar surface area (TPSA) is 49.4 Å². The maximum absolute atomic E-state index is 12.2. The van der Waals surface area contributed by atoms with Gasteiger partial charge in [0, 0.05) is 6.54 Å². The number of halogens is 3. The highest BCUT2D eigenvalue weighted by Crippen LogP contribution is 2.42. The summed E-state index contributed by atoms with van der Waals surface area (Å²) in [5.41, 5.74) is 0. The van der Waals surface area contributed by atoms with Gasteiger partial charge in [-0.15, -0.1) is 11.3 Å². The van der Waals surface area contributed by atoms with Gasteiger partial charge in [-0.1, -0.05) is 23.2 Å². The van der Waals surface area contributed by atoms with Crippen LogP contribution in [0.25, 0.3) is 0 Å². The van der Waals surface area contributed by atoms with E-state index in [-0.39, 0.29) is 9.23 Å². The average molecular weight is 422 g/mol. The molecule has 0 saturated carbocycles. The zero-order valence-electron chi connectivity index (χ0n) is 10.7. The predicted molar refractivity (Wildman–Crippen MR) is 87.5 cm³/mol. The summed E-state index contributed by atoms with van der Waals surface area (Å²) >= 11 is 16.0. The monoisotopic (exact) mass is 420 g/mol. The van der Waals surface area contributed by atoms with Gasteiger partial charge in [0.15, 0.2) is 0 Å². The highest BCUT2D eigenvalue weighted by Gasteiger charge is 2.25. The van der Waals surface area contributed by atoms with Gasteiger partial charge in [0.1, 0.15) is 13.6 Å². The Labute approximate surface area is 141 Å². The van der Waals surface area contributed by atoms with Gasteiger partial charge in [0.2, 0.25) is 10.0 Å². The van der Waals surface area contributed by atoms with E-state index in [1.54, 1.807) is 0 Å². The molecule has 1 aliphatic rings. The molecule has 9 heteroatoms. The first kappa shape index (κ1) is 17.0. The largest absolute Gasteiger partial charge is 0.303 e. The summed E-state index contributed by atoms with van der Waals surface area (Å²) in [6.45, 7) is 3.55. The van der Waals surface area contributed by atoms with Gasteiger partial charge >= 0.3 is 0 Å². The molecule has 1 N–H and O–H groups in total. The van der Waals surface area contributed by atoms with Gasteiger partial charge < -0.3 is 4.90 Å². The van der Waals surface area contributed by atoms with Crippen LogP contribution in [0.15, 0.2) is 9.37 Å². The summed E-state index contributed by atoms with van der Waals surface area (Å²) in [4.78, 5) is 2.38. The molecule has 1 aromatic rings. The normalized spacial score (nSPS) is 16.9. The number of nitrogens with one attached hydrogen (secondary N) is 1. The lowest BCUT2D eigenvalue weighted by Gasteiger charge is -2.14. The molecule has 0 aliphatic carbocycles. The minimum atomic E-state index is -3.62. The molecule has 1 aliphatic heterocycles. The Bertz CT molecular complexity index is 571. The average Bonchev–Trinajstić information content (AvgIpc) is 2.95. The molecule has 20 heavy (non-hydrogen) atoms. The second kappa shape index (κ2) is 7.26. The molecule has 0 aromatic carbocycles. The van der Waals surface area contributed by atoms with Gasteiger partial charge in [0.05, 0.1) is 4.47 Å². The molecule has 114 valence electrons. The highest BCUT2D eigenvalue weighted by atomic mass is 79.9. The molecule has 0 amide bonds. The van der Waals surface area contributed by atoms with Crippen LogP contribution in [0.1, 0.15) is 19.3 Å². The number of nitrogens with zero attached hydrogens (tertiary/aromatic N) is 1. The molecule has 0 spiro atoms. The summed E-state index contributed by atoms with van der Waals surface area (Å²) in [5.74, 6) is 0. The summed E-state index contributed by atoms with van der Waals surface area (Å²) in [6, 6.07) is 0. The van der Waals surface area contributed by atoms with Crippen molar-refractivity contribution in [2.75, 3.05) is 26.2 Å². The van der Waals surface area contributed by atoms with Crippen molar-refractivity contribution < 1.29 is 8.42 Å². The van der Waals surface area contributed by atoms with E-state index in [1.165, 1.54) is 12.8 Å². The minimum Gasteiger partial charge on any atom is -0.303 e. The first-order chi connectivity index (χ1) is 9.42. The number of hydrogen-bond donors (Lipinski definition) is 1. The number of sulfonamides is 1. The SMILES string of the molecule is O=S(=O)(NCCCN1CCCC1)c1c(Cl)sc(Cl)c1Br. The third-order valence-corrected chi connectivity index (χ3v) is 8.07. The van der Waals surface area contributed by atoms with E-state index in [0.29, 0.717) is 15.4 Å². The number of thiophene rings is 1. The van der Waals surface area contributed by atoms with Crippen LogP contribution in [-0.4, -0.2) is 39.5 Å². The lowest BCUT2D eigenvalue weighted by atomic mass is 10.4. The zero-order chi connectivity index (χ0) is 14.8. The standard InChI is InChI=1S/C11H15BrCl2N2O2S2/c12-8-9(11(14)19-10(8)13)20(17,18)15-4-3-7-16-5-1-2-6-16/h15H,1-7H2. The Balaban J connectivity index is 1.90. The Morgan fingerprint density at radius 1 is 1.25 bits per heavy atom. The number of rotatable bonds is 6. The lowest BCUT2D eigenvalue weighted by Crippen LogP contribution is -2.28. The number of likely N-dealkylation sites (tertiary alicyclic amines) is 1. The molecule has 2 heterocycles. The predicted octanol–water partition coefficient (Wildman–Crippen LogP) is 3.58. The van der Waals surface area contributed by atoms with Crippen molar-refractivity contribution in [2.24, 2.45) is 0 Å². The van der Waals surface area contributed by atoms with Crippen molar-refractivity contribution in [3.8, 4) is 0 Å². The van der Waals surface area contributed by atoms with E-state index < -0.39 is 10.0 Å². The third kappa shape index (κ3) is 4.09. The second-order valence-electron chi connectivity index (χ2n) is 4.59. The van der Waals surface area contributed by atoms with Crippen LogP contribution in [-0.2, 0) is 10.0 Å². The maximum Gasteiger partial charge on any atom is 0.244 e. The fourth-order valence-electron chi connectivity index (χ4n) is 2.16. The van der Waals surface area contributed by atoms with E-state index in [0.717, 1.165) is 37.4 Å². The van der Waals surface area contributed by atoms with E-state index >= 15 is 0 Å². The van der Waals surface area contributed by atoms with Crippen LogP contribution < -0.4 is 4.72 Å². The van der Waals surface area contributed by atoms with Gasteiger partial charge in [-0.25, -0.2) is 13.1 Å². The lowest BCUT2D eigenvalue weighted by molar-refractivity contribution is 0.334. The van der Waals surface area contributed by atoms with Crippen molar-refractivity contribution in [1.29, 1.82) is 0 Å². The molecular formula is C11H15BrCl2N2O2S2. The first-order valence-electron chi connectivity index (χ1n) is 6.27. The molecule has 1 fully saturated rings. The Kier molecular flexibility index (Phi) is 6.17. The summed E-state index contributed by atoms with van der Waals surface area (Å²) in [7, 11) is -3.62. The van der Waals surface area contributed by atoms with E-state index in [4.69, 9.17) is 23.2 Å². The second-order valence-corrected chi connectivity index (χ2v) is 9.31. The van der Waals surface area contributed by atoms with Crippen LogP contribution in [0.3, 0.4) is 0 Å². The fraction of sp³-hybridized carbons (Fsp3) is 0.636. The molecule has 0 unspecified atom stereocenters. The molecule has 0 radical (unpaired) electrons. The van der Waals surface area contributed by atoms with E-state index in [1.807, 2.05) is 0 Å².